The van der Waals surface area contributed by atoms with Crippen molar-refractivity contribution in [3.05, 3.63) is 60.3 Å². The van der Waals surface area contributed by atoms with E-state index in [0.29, 0.717) is 12.2 Å². The minimum Gasteiger partial charge on any atom is -0.355 e. The maximum atomic E-state index is 13.2. The van der Waals surface area contributed by atoms with Crippen LogP contribution in [0.3, 0.4) is 0 Å². The van der Waals surface area contributed by atoms with Crippen LogP contribution in [0.4, 0.5) is 15.8 Å². The molecule has 0 bridgehead atoms. The van der Waals surface area contributed by atoms with Crippen LogP contribution < -0.4 is 10.6 Å². The summed E-state index contributed by atoms with van der Waals surface area (Å²) in [6.07, 6.45) is 5.47. The first kappa shape index (κ1) is 20.3. The number of nitrogens with zero attached hydrogens (tertiary/aromatic N) is 4. The van der Waals surface area contributed by atoms with E-state index in [-0.39, 0.29) is 35.4 Å². The first-order valence-electron chi connectivity index (χ1n) is 9.96. The van der Waals surface area contributed by atoms with Crippen LogP contribution in [0, 0.1) is 23.2 Å². The molecule has 1 aromatic carbocycles. The monoisotopic (exact) mass is 419 g/mol. The molecule has 8 nitrogen and oxygen atoms in total. The molecule has 1 fully saturated rings. The number of H-pyrrole nitrogens is 1. The van der Waals surface area contributed by atoms with Gasteiger partial charge in [0.2, 0.25) is 0 Å². The highest BCUT2D eigenvalue weighted by Gasteiger charge is 2.37. The van der Waals surface area contributed by atoms with Gasteiger partial charge < -0.3 is 15.5 Å². The zero-order chi connectivity index (χ0) is 22.0. The van der Waals surface area contributed by atoms with Crippen molar-refractivity contribution in [2.24, 2.45) is 5.92 Å². The van der Waals surface area contributed by atoms with Gasteiger partial charge in [0.05, 0.1) is 23.5 Å². The van der Waals surface area contributed by atoms with Gasteiger partial charge in [0.15, 0.2) is 11.9 Å². The van der Waals surface area contributed by atoms with E-state index in [0.717, 1.165) is 16.9 Å². The number of likely N-dealkylation sites (tertiary alicyclic amines) is 1. The molecule has 1 saturated heterocycles. The van der Waals surface area contributed by atoms with Crippen LogP contribution >= 0.6 is 0 Å². The smallest absolute Gasteiger partial charge is 0.272 e. The molecule has 0 saturated carbocycles. The number of amides is 1. The fourth-order valence-electron chi connectivity index (χ4n) is 3.86. The summed E-state index contributed by atoms with van der Waals surface area (Å²) in [5, 5.41) is 22.5. The Hall–Kier alpha value is -3.93. The fourth-order valence-corrected chi connectivity index (χ4v) is 3.86. The first-order chi connectivity index (χ1) is 15.0. The molecule has 3 aromatic rings. The number of halogens is 1. The van der Waals surface area contributed by atoms with Crippen molar-refractivity contribution in [2.45, 2.75) is 25.9 Å². The molecule has 1 aliphatic rings. The number of pyridine rings is 1. The molecule has 9 heteroatoms. The lowest BCUT2D eigenvalue weighted by atomic mass is 10.0. The highest BCUT2D eigenvalue weighted by molar-refractivity contribution is 5.94. The quantitative estimate of drug-likeness (QED) is 0.548. The Balaban J connectivity index is 1.52. The Labute approximate surface area is 179 Å². The minimum absolute atomic E-state index is 0.0767. The number of carbonyl (C=O) groups excluding carboxylic acids is 1. The maximum Gasteiger partial charge on any atom is 0.272 e. The number of anilines is 2. The van der Waals surface area contributed by atoms with Crippen LogP contribution in [-0.2, 0) is 0 Å². The van der Waals surface area contributed by atoms with Crippen molar-refractivity contribution >= 4 is 17.3 Å². The van der Waals surface area contributed by atoms with Crippen LogP contribution in [0.15, 0.2) is 48.8 Å². The molecule has 1 aliphatic heterocycles. The van der Waals surface area contributed by atoms with E-state index in [1.807, 2.05) is 13.8 Å². The van der Waals surface area contributed by atoms with Crippen molar-refractivity contribution in [1.29, 1.82) is 5.26 Å². The van der Waals surface area contributed by atoms with Gasteiger partial charge in [-0.05, 0) is 49.2 Å². The highest BCUT2D eigenvalue weighted by Crippen LogP contribution is 2.29. The van der Waals surface area contributed by atoms with E-state index in [9.17, 15) is 14.4 Å². The number of nitriles is 1. The molecule has 0 radical (unpaired) electrons. The summed E-state index contributed by atoms with van der Waals surface area (Å²) in [6.45, 7) is 4.55. The van der Waals surface area contributed by atoms with E-state index in [1.165, 1.54) is 12.1 Å². The third-order valence-electron chi connectivity index (χ3n) is 5.58. The number of hydrogen-bond acceptors (Lipinski definition) is 6. The summed E-state index contributed by atoms with van der Waals surface area (Å²) in [6, 6.07) is 9.26. The normalized spacial score (nSPS) is 20.3. The van der Waals surface area contributed by atoms with Gasteiger partial charge in [-0.1, -0.05) is 6.92 Å². The lowest BCUT2D eigenvalue weighted by Crippen LogP contribution is -2.44. The van der Waals surface area contributed by atoms with Crippen LogP contribution in [0.5, 0.6) is 0 Å². The Morgan fingerprint density at radius 3 is 2.77 bits per heavy atom. The number of nitrogens with one attached hydrogen (secondary N) is 3. The Kier molecular flexibility index (Phi) is 5.54. The zero-order valence-corrected chi connectivity index (χ0v) is 17.1. The van der Waals surface area contributed by atoms with Gasteiger partial charge in [-0.3, -0.25) is 14.9 Å². The first-order valence-corrected chi connectivity index (χ1v) is 9.96. The van der Waals surface area contributed by atoms with Gasteiger partial charge in [-0.2, -0.15) is 10.4 Å². The number of aromatic nitrogens is 3. The standard InChI is InChI=1S/C22H22FN7O/c1-13-11-30(12-24)14(2)21(13)27-22(31)20-9-19(28-29-20)17-10-25-8-7-18(17)26-16-5-3-15(23)4-6-16/h3-10,13-14,21H,11H2,1-2H3,(H,25,26)(H,27,31)(H,28,29)/t13?,14?,21-/m1/s1. The van der Waals surface area contributed by atoms with E-state index in [4.69, 9.17) is 0 Å². The number of carbonyl (C=O) groups is 1. The van der Waals surface area contributed by atoms with Crippen LogP contribution in [0.25, 0.3) is 11.3 Å². The summed E-state index contributed by atoms with van der Waals surface area (Å²) < 4.78 is 13.2. The van der Waals surface area contributed by atoms with Crippen LogP contribution in [0.2, 0.25) is 0 Å². The van der Waals surface area contributed by atoms with Gasteiger partial charge in [0.25, 0.3) is 5.91 Å². The molecule has 0 spiro atoms. The average molecular weight is 419 g/mol. The lowest BCUT2D eigenvalue weighted by molar-refractivity contribution is 0.0918. The SMILES string of the molecule is CC1CN(C#N)C(C)[C@@H]1NC(=O)c1cc(-c2cnccc2Nc2ccc(F)cc2)[nH]n1. The molecule has 31 heavy (non-hydrogen) atoms. The Morgan fingerprint density at radius 1 is 1.29 bits per heavy atom. The molecule has 2 unspecified atom stereocenters. The third kappa shape index (κ3) is 4.19. The summed E-state index contributed by atoms with van der Waals surface area (Å²) in [5.74, 6) is -0.460. The predicted molar refractivity (Wildman–Crippen MR) is 114 cm³/mol. The summed E-state index contributed by atoms with van der Waals surface area (Å²) in [4.78, 5) is 18.6. The second-order valence-corrected chi connectivity index (χ2v) is 7.69. The van der Waals surface area contributed by atoms with Gasteiger partial charge >= 0.3 is 0 Å². The van der Waals surface area contributed by atoms with Gasteiger partial charge in [0, 0.05) is 30.2 Å². The molecule has 2 aromatic heterocycles. The zero-order valence-electron chi connectivity index (χ0n) is 17.1. The molecule has 1 amide bonds. The maximum absolute atomic E-state index is 13.2. The topological polar surface area (TPSA) is 110 Å². The largest absolute Gasteiger partial charge is 0.355 e. The molecule has 3 atom stereocenters. The lowest BCUT2D eigenvalue weighted by Gasteiger charge is -2.21. The molecule has 158 valence electrons. The van der Waals surface area contributed by atoms with Crippen LogP contribution in [-0.4, -0.2) is 44.6 Å². The number of hydrogen-bond donors (Lipinski definition) is 3. The molecule has 4 rings (SSSR count). The molecule has 3 N–H and O–H groups in total. The van der Waals surface area contributed by atoms with Gasteiger partial charge in [-0.25, -0.2) is 4.39 Å². The minimum atomic E-state index is -0.312. The van der Waals surface area contributed by atoms with Crippen molar-refractivity contribution < 1.29 is 9.18 Å². The van der Waals surface area contributed by atoms with Crippen molar-refractivity contribution in [1.82, 2.24) is 25.4 Å². The Bertz CT molecular complexity index is 1120. The van der Waals surface area contributed by atoms with E-state index in [1.54, 1.807) is 41.6 Å². The van der Waals surface area contributed by atoms with E-state index < -0.39 is 0 Å². The number of rotatable bonds is 5. The highest BCUT2D eigenvalue weighted by atomic mass is 19.1. The van der Waals surface area contributed by atoms with Crippen molar-refractivity contribution in [3.63, 3.8) is 0 Å². The molecular weight excluding hydrogens is 397 g/mol. The third-order valence-corrected chi connectivity index (χ3v) is 5.58. The summed E-state index contributed by atoms with van der Waals surface area (Å²) >= 11 is 0. The number of aromatic amines is 1. The van der Waals surface area contributed by atoms with Crippen LogP contribution in [0.1, 0.15) is 24.3 Å². The molecular formula is C22H22FN7O. The Morgan fingerprint density at radius 2 is 2.06 bits per heavy atom. The van der Waals surface area contributed by atoms with Crippen molar-refractivity contribution in [2.75, 3.05) is 11.9 Å². The van der Waals surface area contributed by atoms with Gasteiger partial charge in [-0.15, -0.1) is 0 Å². The second-order valence-electron chi connectivity index (χ2n) is 7.69. The summed E-state index contributed by atoms with van der Waals surface area (Å²) in [7, 11) is 0. The second kappa shape index (κ2) is 8.44. The molecule has 0 aliphatic carbocycles. The van der Waals surface area contributed by atoms with Gasteiger partial charge in [0.1, 0.15) is 5.82 Å². The summed E-state index contributed by atoms with van der Waals surface area (Å²) in [5.41, 5.74) is 3.05. The fraction of sp³-hybridized carbons (Fsp3) is 0.273. The number of benzene rings is 1. The predicted octanol–water partition coefficient (Wildman–Crippen LogP) is 3.27. The average Bonchev–Trinajstić information content (AvgIpc) is 3.36. The van der Waals surface area contributed by atoms with E-state index in [2.05, 4.69) is 32.0 Å². The van der Waals surface area contributed by atoms with Crippen molar-refractivity contribution in [3.8, 4) is 17.5 Å². The molecule has 3 heterocycles. The van der Waals surface area contributed by atoms with E-state index >= 15 is 0 Å².